The first-order chi connectivity index (χ1) is 10.4. The van der Waals surface area contributed by atoms with Crippen molar-refractivity contribution in [2.24, 2.45) is 5.92 Å². The van der Waals surface area contributed by atoms with Crippen LogP contribution >= 0.6 is 0 Å². The molecule has 2 aromatic carbocycles. The number of halogens is 1. The number of aldehydes is 1. The van der Waals surface area contributed by atoms with Gasteiger partial charge in [0.05, 0.1) is 10.1 Å². The zero-order valence-electron chi connectivity index (χ0n) is 11.9. The Morgan fingerprint density at radius 1 is 1.09 bits per heavy atom. The van der Waals surface area contributed by atoms with Crippen molar-refractivity contribution in [3.63, 3.8) is 0 Å². The van der Waals surface area contributed by atoms with Gasteiger partial charge in [-0.1, -0.05) is 29.8 Å². The van der Waals surface area contributed by atoms with Gasteiger partial charge in [0.2, 0.25) is 0 Å². The first-order valence-electron chi connectivity index (χ1n) is 6.96. The summed E-state index contributed by atoms with van der Waals surface area (Å²) in [4.78, 5) is 11.4. The number of sulfone groups is 1. The molecule has 0 N–H and O–H groups in total. The maximum atomic E-state index is 13.3. The number of aryl methyl sites for hydroxylation is 1. The molecule has 0 aliphatic heterocycles. The minimum absolute atomic E-state index is 0.203. The summed E-state index contributed by atoms with van der Waals surface area (Å²) in [6.45, 7) is 1.87. The quantitative estimate of drug-likeness (QED) is 0.815. The highest BCUT2D eigenvalue weighted by Crippen LogP contribution is 2.52. The first kappa shape index (κ1) is 14.9. The van der Waals surface area contributed by atoms with Crippen LogP contribution in [0.15, 0.2) is 53.4 Å². The number of hydrogen-bond acceptors (Lipinski definition) is 3. The van der Waals surface area contributed by atoms with E-state index >= 15 is 0 Å². The van der Waals surface area contributed by atoms with E-state index in [1.165, 1.54) is 18.2 Å². The van der Waals surface area contributed by atoms with Crippen molar-refractivity contribution in [1.29, 1.82) is 0 Å². The van der Waals surface area contributed by atoms with Crippen LogP contribution in [0.1, 0.15) is 17.0 Å². The smallest absolute Gasteiger partial charge is 0.182 e. The predicted molar refractivity (Wildman–Crippen MR) is 80.8 cm³/mol. The molecule has 1 fully saturated rings. The van der Waals surface area contributed by atoms with E-state index in [0.29, 0.717) is 11.8 Å². The predicted octanol–water partition coefficient (Wildman–Crippen LogP) is 2.89. The normalized spacial score (nSPS) is 24.0. The van der Waals surface area contributed by atoms with Gasteiger partial charge < -0.3 is 4.79 Å². The van der Waals surface area contributed by atoms with Crippen LogP contribution in [0.5, 0.6) is 0 Å². The van der Waals surface area contributed by atoms with E-state index in [4.69, 9.17) is 0 Å². The lowest BCUT2D eigenvalue weighted by Gasteiger charge is -2.05. The third kappa shape index (κ3) is 2.46. The summed E-state index contributed by atoms with van der Waals surface area (Å²) in [5.41, 5.74) is 1.51. The second kappa shape index (κ2) is 5.32. The standard InChI is InChI=1S/C17H15FO3S/c1-11-5-7-14(8-6-11)22(20,21)17-15(10-19)16(17)12-3-2-4-13(18)9-12/h2-10,15-17H,1H3. The Morgan fingerprint density at radius 2 is 1.77 bits per heavy atom. The molecule has 2 aromatic rings. The van der Waals surface area contributed by atoms with Gasteiger partial charge in [0.25, 0.3) is 0 Å². The Labute approximate surface area is 128 Å². The molecule has 5 heteroatoms. The van der Waals surface area contributed by atoms with Gasteiger partial charge in [-0.3, -0.25) is 0 Å². The molecule has 0 amide bonds. The molecule has 22 heavy (non-hydrogen) atoms. The number of rotatable bonds is 4. The Bertz CT molecular complexity index is 812. The largest absolute Gasteiger partial charge is 0.303 e. The SMILES string of the molecule is Cc1ccc(S(=O)(=O)C2C(C=O)C2c2cccc(F)c2)cc1. The topological polar surface area (TPSA) is 51.2 Å². The Hall–Kier alpha value is -2.01. The molecule has 0 radical (unpaired) electrons. The van der Waals surface area contributed by atoms with Gasteiger partial charge in [-0.2, -0.15) is 0 Å². The number of benzene rings is 2. The minimum atomic E-state index is -3.61. The number of carbonyl (C=O) groups is 1. The molecule has 1 saturated carbocycles. The van der Waals surface area contributed by atoms with Crippen LogP contribution in [0, 0.1) is 18.7 Å². The first-order valence-corrected chi connectivity index (χ1v) is 8.51. The molecule has 3 atom stereocenters. The summed E-state index contributed by atoms with van der Waals surface area (Å²) < 4.78 is 38.7. The van der Waals surface area contributed by atoms with Crippen molar-refractivity contribution in [2.75, 3.05) is 0 Å². The fraction of sp³-hybridized carbons (Fsp3) is 0.235. The van der Waals surface area contributed by atoms with Crippen LogP contribution in [0.2, 0.25) is 0 Å². The van der Waals surface area contributed by atoms with Crippen LogP contribution in [-0.2, 0) is 14.6 Å². The van der Waals surface area contributed by atoms with E-state index in [1.807, 2.05) is 6.92 Å². The molecule has 3 rings (SSSR count). The molecule has 0 aromatic heterocycles. The van der Waals surface area contributed by atoms with Gasteiger partial charge in [-0.05, 0) is 36.8 Å². The van der Waals surface area contributed by atoms with Crippen molar-refractivity contribution in [2.45, 2.75) is 23.0 Å². The molecule has 0 saturated heterocycles. The highest BCUT2D eigenvalue weighted by Gasteiger charge is 2.59. The van der Waals surface area contributed by atoms with Crippen LogP contribution in [0.3, 0.4) is 0 Å². The van der Waals surface area contributed by atoms with Gasteiger partial charge >= 0.3 is 0 Å². The summed E-state index contributed by atoms with van der Waals surface area (Å²) >= 11 is 0. The van der Waals surface area contributed by atoms with E-state index in [9.17, 15) is 17.6 Å². The van der Waals surface area contributed by atoms with E-state index in [0.717, 1.165) is 5.56 Å². The van der Waals surface area contributed by atoms with Gasteiger partial charge in [0.1, 0.15) is 12.1 Å². The summed E-state index contributed by atoms with van der Waals surface area (Å²) in [6.07, 6.45) is 0.659. The van der Waals surface area contributed by atoms with Gasteiger partial charge in [0.15, 0.2) is 9.84 Å². The van der Waals surface area contributed by atoms with Crippen LogP contribution in [0.25, 0.3) is 0 Å². The van der Waals surface area contributed by atoms with Crippen molar-refractivity contribution < 1.29 is 17.6 Å². The zero-order valence-corrected chi connectivity index (χ0v) is 12.8. The van der Waals surface area contributed by atoms with Crippen molar-refractivity contribution in [3.05, 3.63) is 65.5 Å². The lowest BCUT2D eigenvalue weighted by molar-refractivity contribution is -0.108. The fourth-order valence-electron chi connectivity index (χ4n) is 2.88. The highest BCUT2D eigenvalue weighted by atomic mass is 32.2. The summed E-state index contributed by atoms with van der Waals surface area (Å²) in [5, 5.41) is -0.811. The Balaban J connectivity index is 1.97. The second-order valence-corrected chi connectivity index (χ2v) is 7.72. The Kier molecular flexibility index (Phi) is 3.60. The highest BCUT2D eigenvalue weighted by molar-refractivity contribution is 7.92. The lowest BCUT2D eigenvalue weighted by atomic mass is 10.1. The molecule has 0 bridgehead atoms. The van der Waals surface area contributed by atoms with Crippen LogP contribution in [0.4, 0.5) is 4.39 Å². The van der Waals surface area contributed by atoms with Crippen LogP contribution in [-0.4, -0.2) is 20.0 Å². The lowest BCUT2D eigenvalue weighted by Crippen LogP contribution is -2.11. The summed E-state index contributed by atoms with van der Waals surface area (Å²) in [5.74, 6) is -1.52. The maximum Gasteiger partial charge on any atom is 0.182 e. The summed E-state index contributed by atoms with van der Waals surface area (Å²) in [6, 6.07) is 12.3. The molecule has 0 spiro atoms. The third-order valence-electron chi connectivity index (χ3n) is 4.11. The minimum Gasteiger partial charge on any atom is -0.303 e. The van der Waals surface area contributed by atoms with E-state index < -0.39 is 32.7 Å². The molecule has 3 unspecified atom stereocenters. The molecule has 3 nitrogen and oxygen atoms in total. The van der Waals surface area contributed by atoms with E-state index in [1.54, 1.807) is 30.3 Å². The van der Waals surface area contributed by atoms with Crippen molar-refractivity contribution in [3.8, 4) is 0 Å². The Morgan fingerprint density at radius 3 is 2.36 bits per heavy atom. The molecule has 114 valence electrons. The van der Waals surface area contributed by atoms with Crippen molar-refractivity contribution in [1.82, 2.24) is 0 Å². The zero-order chi connectivity index (χ0) is 15.9. The van der Waals surface area contributed by atoms with Crippen molar-refractivity contribution >= 4 is 16.1 Å². The average molecular weight is 318 g/mol. The number of carbonyl (C=O) groups excluding carboxylic acids is 1. The molecule has 1 aliphatic rings. The second-order valence-electron chi connectivity index (χ2n) is 5.62. The van der Waals surface area contributed by atoms with E-state index in [2.05, 4.69) is 0 Å². The fourth-order valence-corrected chi connectivity index (χ4v) is 4.99. The maximum absolute atomic E-state index is 13.3. The molecular formula is C17H15FO3S. The third-order valence-corrected chi connectivity index (χ3v) is 6.36. The summed E-state index contributed by atoms with van der Waals surface area (Å²) in [7, 11) is -3.61. The molecule has 0 heterocycles. The molecule has 1 aliphatic carbocycles. The van der Waals surface area contributed by atoms with Gasteiger partial charge in [-0.15, -0.1) is 0 Å². The molecular weight excluding hydrogens is 303 g/mol. The van der Waals surface area contributed by atoms with Gasteiger partial charge in [-0.25, -0.2) is 12.8 Å². The average Bonchev–Trinajstić information content (AvgIpc) is 3.23. The van der Waals surface area contributed by atoms with Crippen LogP contribution < -0.4 is 0 Å². The van der Waals surface area contributed by atoms with E-state index in [-0.39, 0.29) is 4.90 Å². The monoisotopic (exact) mass is 318 g/mol. The number of hydrogen-bond donors (Lipinski definition) is 0. The van der Waals surface area contributed by atoms with Gasteiger partial charge in [0, 0.05) is 11.8 Å².